The van der Waals surface area contributed by atoms with Crippen molar-refractivity contribution < 1.29 is 22.7 Å². The highest BCUT2D eigenvalue weighted by molar-refractivity contribution is 7.92. The second-order valence-corrected chi connectivity index (χ2v) is 12.3. The van der Waals surface area contributed by atoms with Crippen LogP contribution in [-0.2, 0) is 24.1 Å². The predicted octanol–water partition coefficient (Wildman–Crippen LogP) is 3.00. The van der Waals surface area contributed by atoms with Crippen molar-refractivity contribution in [1.29, 1.82) is 0 Å². The van der Waals surface area contributed by atoms with Crippen LogP contribution < -0.4 is 0 Å². The number of carbonyl (C=O) groups excluding carboxylic acids is 1. The molecule has 1 unspecified atom stereocenters. The summed E-state index contributed by atoms with van der Waals surface area (Å²) in [7, 11) is -2.36. The van der Waals surface area contributed by atoms with Crippen LogP contribution in [0, 0.1) is 11.8 Å². The lowest BCUT2D eigenvalue weighted by Gasteiger charge is -2.31. The van der Waals surface area contributed by atoms with Crippen LogP contribution in [0.25, 0.3) is 5.57 Å². The first-order valence-corrected chi connectivity index (χ1v) is 14.7. The first-order chi connectivity index (χ1) is 17.2. The molecule has 1 aromatic rings. The van der Waals surface area contributed by atoms with Crippen molar-refractivity contribution in [2.75, 3.05) is 65.8 Å². The molecule has 2 aliphatic rings. The number of hydrogen-bond acceptors (Lipinski definition) is 7. The quantitative estimate of drug-likeness (QED) is 0.269. The molecule has 1 fully saturated rings. The Morgan fingerprint density at radius 1 is 1.08 bits per heavy atom. The van der Waals surface area contributed by atoms with Gasteiger partial charge in [-0.25, -0.2) is 8.42 Å². The molecule has 0 N–H and O–H groups in total. The van der Waals surface area contributed by atoms with Crippen LogP contribution in [0.1, 0.15) is 50.2 Å². The number of benzene rings is 1. The SMILES string of the molecule is COC(=O)C(C)(CCN1CC=C(c2ccc(C#CCCCCN3CCOCC3)cc2)CC1)S(C)(=O)=O. The van der Waals surface area contributed by atoms with E-state index in [1.54, 1.807) is 0 Å². The van der Waals surface area contributed by atoms with Gasteiger partial charge in [0.15, 0.2) is 14.6 Å². The smallest absolute Gasteiger partial charge is 0.326 e. The van der Waals surface area contributed by atoms with E-state index in [4.69, 9.17) is 9.47 Å². The van der Waals surface area contributed by atoms with Gasteiger partial charge in [0.25, 0.3) is 0 Å². The highest BCUT2D eigenvalue weighted by Gasteiger charge is 2.44. The zero-order valence-corrected chi connectivity index (χ0v) is 22.7. The minimum absolute atomic E-state index is 0.211. The molecule has 36 heavy (non-hydrogen) atoms. The molecule has 198 valence electrons. The van der Waals surface area contributed by atoms with E-state index in [1.165, 1.54) is 31.6 Å². The van der Waals surface area contributed by atoms with Gasteiger partial charge in [0.1, 0.15) is 0 Å². The van der Waals surface area contributed by atoms with Crippen LogP contribution in [0.5, 0.6) is 0 Å². The Labute approximate surface area is 216 Å². The number of ether oxygens (including phenoxy) is 2. The maximum absolute atomic E-state index is 12.2. The van der Waals surface area contributed by atoms with Crippen molar-refractivity contribution in [3.63, 3.8) is 0 Å². The number of nitrogens with zero attached hydrogens (tertiary/aromatic N) is 2. The van der Waals surface area contributed by atoms with Gasteiger partial charge in [-0.3, -0.25) is 14.6 Å². The summed E-state index contributed by atoms with van der Waals surface area (Å²) < 4.78 is 33.1. The van der Waals surface area contributed by atoms with E-state index in [2.05, 4.69) is 52.0 Å². The van der Waals surface area contributed by atoms with Gasteiger partial charge in [0.2, 0.25) is 0 Å². The van der Waals surface area contributed by atoms with E-state index in [0.717, 1.165) is 77.0 Å². The standard InChI is InChI=1S/C28H40N2O5S/c1-28(27(31)34-2,36(3,32)33)15-19-30-17-13-26(14-18-30)25-11-9-24(10-12-25)8-6-4-5-7-16-29-20-22-35-23-21-29/h9-13H,4-5,7,14-23H2,1-3H3. The fraction of sp³-hybridized carbons (Fsp3) is 0.607. The molecule has 1 atom stereocenters. The Balaban J connectivity index is 1.44. The number of methoxy groups -OCH3 is 1. The lowest BCUT2D eigenvalue weighted by Crippen LogP contribution is -2.46. The van der Waals surface area contributed by atoms with Gasteiger partial charge in [-0.15, -0.1) is 0 Å². The summed E-state index contributed by atoms with van der Waals surface area (Å²) in [5.41, 5.74) is 3.52. The number of hydrogen-bond donors (Lipinski definition) is 0. The van der Waals surface area contributed by atoms with Gasteiger partial charge in [0, 0.05) is 51.0 Å². The summed E-state index contributed by atoms with van der Waals surface area (Å²) in [6, 6.07) is 8.41. The molecule has 0 aliphatic carbocycles. The molecule has 8 heteroatoms. The average molecular weight is 517 g/mol. The molecular weight excluding hydrogens is 476 g/mol. The molecule has 1 aromatic carbocycles. The van der Waals surface area contributed by atoms with Crippen molar-refractivity contribution in [2.45, 2.75) is 43.8 Å². The third kappa shape index (κ3) is 7.91. The van der Waals surface area contributed by atoms with Gasteiger partial charge < -0.3 is 9.47 Å². The van der Waals surface area contributed by atoms with Crippen molar-refractivity contribution in [3.8, 4) is 11.8 Å². The Hall–Kier alpha value is -2.18. The molecular formula is C28H40N2O5S. The Morgan fingerprint density at radius 2 is 1.81 bits per heavy atom. The largest absolute Gasteiger partial charge is 0.468 e. The lowest BCUT2D eigenvalue weighted by atomic mass is 9.98. The van der Waals surface area contributed by atoms with Crippen LogP contribution in [-0.4, -0.2) is 94.8 Å². The van der Waals surface area contributed by atoms with E-state index < -0.39 is 20.6 Å². The monoisotopic (exact) mass is 516 g/mol. The molecule has 0 bridgehead atoms. The van der Waals surface area contributed by atoms with Gasteiger partial charge in [-0.2, -0.15) is 0 Å². The summed E-state index contributed by atoms with van der Waals surface area (Å²) in [5.74, 6) is 5.88. The molecule has 2 aliphatic heterocycles. The normalized spacial score (nSPS) is 19.0. The molecule has 0 saturated carbocycles. The van der Waals surface area contributed by atoms with Gasteiger partial charge >= 0.3 is 5.97 Å². The second-order valence-electron chi connectivity index (χ2n) is 9.81. The van der Waals surface area contributed by atoms with Crippen LogP contribution in [0.4, 0.5) is 0 Å². The zero-order valence-electron chi connectivity index (χ0n) is 21.9. The molecule has 0 radical (unpaired) electrons. The minimum Gasteiger partial charge on any atom is -0.468 e. The summed E-state index contributed by atoms with van der Waals surface area (Å²) in [6.45, 7) is 8.45. The van der Waals surface area contributed by atoms with Crippen molar-refractivity contribution in [3.05, 3.63) is 41.5 Å². The Kier molecular flexibility index (Phi) is 10.6. The van der Waals surface area contributed by atoms with Gasteiger partial charge in [0.05, 0.1) is 20.3 Å². The maximum atomic E-state index is 12.2. The number of unbranched alkanes of at least 4 members (excludes halogenated alkanes) is 2. The highest BCUT2D eigenvalue weighted by Crippen LogP contribution is 2.26. The third-order valence-corrected chi connectivity index (χ3v) is 9.26. The fourth-order valence-corrected chi connectivity index (χ4v) is 5.36. The van der Waals surface area contributed by atoms with Crippen LogP contribution in [0.2, 0.25) is 0 Å². The number of morpholine rings is 1. The molecule has 0 spiro atoms. The number of sulfone groups is 1. The van der Waals surface area contributed by atoms with Crippen LogP contribution in [0.15, 0.2) is 30.3 Å². The Bertz CT molecular complexity index is 1070. The molecule has 7 nitrogen and oxygen atoms in total. The van der Waals surface area contributed by atoms with Gasteiger partial charge in [-0.1, -0.05) is 30.0 Å². The topological polar surface area (TPSA) is 76.2 Å². The first-order valence-electron chi connectivity index (χ1n) is 12.8. The predicted molar refractivity (Wildman–Crippen MR) is 143 cm³/mol. The summed E-state index contributed by atoms with van der Waals surface area (Å²) in [6.07, 6.45) is 7.59. The molecule has 3 rings (SSSR count). The maximum Gasteiger partial charge on any atom is 0.326 e. The number of rotatable bonds is 10. The van der Waals surface area contributed by atoms with E-state index in [0.29, 0.717) is 6.54 Å². The van der Waals surface area contributed by atoms with Crippen molar-refractivity contribution in [2.24, 2.45) is 0 Å². The summed E-state index contributed by atoms with van der Waals surface area (Å²) >= 11 is 0. The number of esters is 1. The third-order valence-electron chi connectivity index (χ3n) is 7.25. The fourth-order valence-electron chi connectivity index (χ4n) is 4.51. The Morgan fingerprint density at radius 3 is 2.42 bits per heavy atom. The number of carbonyl (C=O) groups is 1. The minimum atomic E-state index is -3.58. The second kappa shape index (κ2) is 13.4. The molecule has 2 heterocycles. The zero-order chi connectivity index (χ0) is 26.0. The average Bonchev–Trinajstić information content (AvgIpc) is 2.89. The van der Waals surface area contributed by atoms with E-state index >= 15 is 0 Å². The highest BCUT2D eigenvalue weighted by atomic mass is 32.2. The molecule has 1 saturated heterocycles. The van der Waals surface area contributed by atoms with Crippen molar-refractivity contribution >= 4 is 21.4 Å². The van der Waals surface area contributed by atoms with E-state index in [9.17, 15) is 13.2 Å². The first kappa shape index (κ1) is 28.4. The van der Waals surface area contributed by atoms with Crippen molar-refractivity contribution in [1.82, 2.24) is 9.80 Å². The lowest BCUT2D eigenvalue weighted by molar-refractivity contribution is -0.143. The van der Waals surface area contributed by atoms with Crippen LogP contribution in [0.3, 0.4) is 0 Å². The van der Waals surface area contributed by atoms with E-state index in [1.807, 2.05) is 0 Å². The van der Waals surface area contributed by atoms with Crippen LogP contribution >= 0.6 is 0 Å². The summed E-state index contributed by atoms with van der Waals surface area (Å²) in [4.78, 5) is 16.8. The summed E-state index contributed by atoms with van der Waals surface area (Å²) in [5, 5.41) is 0. The molecule has 0 aromatic heterocycles. The van der Waals surface area contributed by atoms with Gasteiger partial charge in [-0.05, 0) is 62.4 Å². The molecule has 0 amide bonds. The van der Waals surface area contributed by atoms with E-state index in [-0.39, 0.29) is 6.42 Å².